The minimum absolute atomic E-state index is 0.0470. The average Bonchev–Trinajstić information content (AvgIpc) is 3.25. The van der Waals surface area contributed by atoms with Gasteiger partial charge in [0.15, 0.2) is 5.82 Å². The first-order valence-corrected chi connectivity index (χ1v) is 14.7. The lowest BCUT2D eigenvalue weighted by Crippen LogP contribution is -2.43. The van der Waals surface area contributed by atoms with Gasteiger partial charge in [-0.15, -0.1) is 0 Å². The SMILES string of the molecule is COc1ccc2c(c1)CC[C@H]1[C@@H]2CC[C@]2(C)c3nc(-c4ccc(Cl)cc4)nc(-c4cccc(Br)c4)c3C[C@@H]12. The second-order valence-electron chi connectivity index (χ2n) is 11.4. The Hall–Kier alpha value is -2.69. The molecule has 3 aliphatic rings. The Morgan fingerprint density at radius 2 is 1.82 bits per heavy atom. The van der Waals surface area contributed by atoms with Gasteiger partial charge in [-0.25, -0.2) is 9.97 Å². The number of halogens is 2. The van der Waals surface area contributed by atoms with Crippen LogP contribution in [-0.4, -0.2) is 17.1 Å². The standard InChI is InChI=1S/C33H30BrClN2O/c1-33-15-14-26-25-13-11-24(38-2)17-20(25)8-12-27(26)29(33)18-28-30(21-4-3-5-22(34)16-21)36-32(37-31(28)33)19-6-9-23(35)10-7-19/h3-7,9-11,13,16-17,26-27,29H,8,12,14-15,18H2,1-2H3/t26-,27+,29+,33+/m1/s1. The Labute approximate surface area is 237 Å². The first-order valence-electron chi connectivity index (χ1n) is 13.5. The van der Waals surface area contributed by atoms with Gasteiger partial charge in [-0.2, -0.15) is 0 Å². The summed E-state index contributed by atoms with van der Waals surface area (Å²) in [6, 6.07) is 23.2. The van der Waals surface area contributed by atoms with Gasteiger partial charge >= 0.3 is 0 Å². The Kier molecular flexibility index (Phi) is 5.90. The summed E-state index contributed by atoms with van der Waals surface area (Å²) in [5, 5.41) is 0.725. The lowest BCUT2D eigenvalue weighted by Gasteiger charge is -2.49. The van der Waals surface area contributed by atoms with Crippen molar-refractivity contribution in [1.29, 1.82) is 0 Å². The van der Waals surface area contributed by atoms with Crippen LogP contribution in [0.1, 0.15) is 54.5 Å². The van der Waals surface area contributed by atoms with E-state index in [1.807, 2.05) is 24.3 Å². The van der Waals surface area contributed by atoms with Crippen LogP contribution in [-0.2, 0) is 18.3 Å². The number of benzene rings is 3. The molecule has 0 radical (unpaired) electrons. The second-order valence-corrected chi connectivity index (χ2v) is 12.7. The molecule has 0 aliphatic heterocycles. The fraction of sp³-hybridized carbons (Fsp3) is 0.333. The Morgan fingerprint density at radius 1 is 0.974 bits per heavy atom. The highest BCUT2D eigenvalue weighted by atomic mass is 79.9. The Morgan fingerprint density at radius 3 is 2.61 bits per heavy atom. The number of ether oxygens (including phenoxy) is 1. The van der Waals surface area contributed by atoms with E-state index in [1.54, 1.807) is 12.7 Å². The van der Waals surface area contributed by atoms with E-state index < -0.39 is 0 Å². The predicted octanol–water partition coefficient (Wildman–Crippen LogP) is 8.81. The van der Waals surface area contributed by atoms with Crippen molar-refractivity contribution in [3.05, 3.63) is 98.6 Å². The van der Waals surface area contributed by atoms with Crippen LogP contribution in [0, 0.1) is 11.8 Å². The molecule has 3 nitrogen and oxygen atoms in total. The van der Waals surface area contributed by atoms with Crippen LogP contribution in [0.2, 0.25) is 5.02 Å². The van der Waals surface area contributed by atoms with E-state index >= 15 is 0 Å². The third kappa shape index (κ3) is 3.83. The number of nitrogens with zero attached hydrogens (tertiary/aromatic N) is 2. The normalized spacial score (nSPS) is 25.2. The van der Waals surface area contributed by atoms with E-state index in [9.17, 15) is 0 Å². The first kappa shape index (κ1) is 24.4. The number of methoxy groups -OCH3 is 1. The van der Waals surface area contributed by atoms with Crippen LogP contribution in [0.15, 0.2) is 71.2 Å². The third-order valence-electron chi connectivity index (χ3n) is 9.50. The molecule has 1 saturated carbocycles. The maximum Gasteiger partial charge on any atom is 0.160 e. The Balaban J connectivity index is 1.35. The summed E-state index contributed by atoms with van der Waals surface area (Å²) in [5.41, 5.74) is 8.90. The highest BCUT2D eigenvalue weighted by Gasteiger charge is 2.54. The number of aromatic nitrogens is 2. The molecule has 0 N–H and O–H groups in total. The van der Waals surface area contributed by atoms with Crippen molar-refractivity contribution in [2.75, 3.05) is 7.11 Å². The van der Waals surface area contributed by atoms with Gasteiger partial charge < -0.3 is 4.74 Å². The van der Waals surface area contributed by atoms with Gasteiger partial charge in [0.05, 0.1) is 18.5 Å². The van der Waals surface area contributed by atoms with Crippen LogP contribution in [0.5, 0.6) is 5.75 Å². The zero-order valence-corrected chi connectivity index (χ0v) is 24.0. The molecule has 3 aliphatic carbocycles. The van der Waals surface area contributed by atoms with Crippen molar-refractivity contribution in [2.24, 2.45) is 11.8 Å². The van der Waals surface area contributed by atoms with Crippen molar-refractivity contribution < 1.29 is 4.74 Å². The van der Waals surface area contributed by atoms with Crippen molar-refractivity contribution in [2.45, 2.75) is 50.4 Å². The molecule has 5 heteroatoms. The highest BCUT2D eigenvalue weighted by Crippen LogP contribution is 2.60. The van der Waals surface area contributed by atoms with Gasteiger partial charge in [-0.1, -0.05) is 52.7 Å². The van der Waals surface area contributed by atoms with Gasteiger partial charge in [0.2, 0.25) is 0 Å². The number of fused-ring (bicyclic) bond motifs is 7. The molecule has 0 saturated heterocycles. The summed E-state index contributed by atoms with van der Waals surface area (Å²) >= 11 is 9.90. The van der Waals surface area contributed by atoms with Crippen LogP contribution in [0.4, 0.5) is 0 Å². The molecule has 0 unspecified atom stereocenters. The lowest BCUT2D eigenvalue weighted by atomic mass is 9.55. The fourth-order valence-corrected chi connectivity index (χ4v) is 8.17. The molecule has 0 bridgehead atoms. The molecule has 1 aromatic heterocycles. The monoisotopic (exact) mass is 584 g/mol. The minimum atomic E-state index is 0.0470. The molecular formula is C33H30BrClN2O. The molecule has 4 aromatic rings. The van der Waals surface area contributed by atoms with Crippen LogP contribution in [0.3, 0.4) is 0 Å². The molecule has 192 valence electrons. The quantitative estimate of drug-likeness (QED) is 0.241. The third-order valence-corrected chi connectivity index (χ3v) is 10.2. The molecule has 1 heterocycles. The largest absolute Gasteiger partial charge is 0.497 e. The molecule has 0 spiro atoms. The molecule has 38 heavy (non-hydrogen) atoms. The molecule has 4 atom stereocenters. The van der Waals surface area contributed by atoms with Gasteiger partial charge in [0.1, 0.15) is 5.75 Å². The summed E-state index contributed by atoms with van der Waals surface area (Å²) in [6.45, 7) is 2.48. The van der Waals surface area contributed by atoms with E-state index in [2.05, 4.69) is 65.3 Å². The van der Waals surface area contributed by atoms with Gasteiger partial charge in [-0.3, -0.25) is 0 Å². The van der Waals surface area contributed by atoms with Crippen molar-refractivity contribution in [3.8, 4) is 28.4 Å². The van der Waals surface area contributed by atoms with E-state index in [0.29, 0.717) is 17.8 Å². The maximum atomic E-state index is 6.22. The summed E-state index contributed by atoms with van der Waals surface area (Å²) in [5.74, 6) is 3.58. The Bertz CT molecular complexity index is 1550. The van der Waals surface area contributed by atoms with Crippen molar-refractivity contribution in [1.82, 2.24) is 9.97 Å². The summed E-state index contributed by atoms with van der Waals surface area (Å²) in [6.07, 6.45) is 5.73. The smallest absolute Gasteiger partial charge is 0.160 e. The number of hydrogen-bond acceptors (Lipinski definition) is 3. The second kappa shape index (κ2) is 9.20. The zero-order valence-electron chi connectivity index (χ0n) is 21.7. The van der Waals surface area contributed by atoms with Gasteiger partial charge in [0, 0.05) is 31.6 Å². The number of hydrogen-bond donors (Lipinski definition) is 0. The molecule has 7 rings (SSSR count). The maximum absolute atomic E-state index is 6.22. The molecule has 3 aromatic carbocycles. The molecular weight excluding hydrogens is 556 g/mol. The van der Waals surface area contributed by atoms with Crippen molar-refractivity contribution >= 4 is 27.5 Å². The topological polar surface area (TPSA) is 35.0 Å². The van der Waals surface area contributed by atoms with Crippen molar-refractivity contribution in [3.63, 3.8) is 0 Å². The summed E-state index contributed by atoms with van der Waals surface area (Å²) in [4.78, 5) is 10.6. The fourth-order valence-electron chi connectivity index (χ4n) is 7.65. The van der Waals surface area contributed by atoms with E-state index in [1.165, 1.54) is 29.7 Å². The zero-order chi connectivity index (χ0) is 26.0. The van der Waals surface area contributed by atoms with Gasteiger partial charge in [0.25, 0.3) is 0 Å². The predicted molar refractivity (Wildman–Crippen MR) is 157 cm³/mol. The molecule has 1 fully saturated rings. The van der Waals surface area contributed by atoms with E-state index in [-0.39, 0.29) is 5.41 Å². The summed E-state index contributed by atoms with van der Waals surface area (Å²) < 4.78 is 6.60. The van der Waals surface area contributed by atoms with Gasteiger partial charge in [-0.05, 0) is 110 Å². The molecule has 0 amide bonds. The van der Waals surface area contributed by atoms with E-state index in [0.717, 1.165) is 57.2 Å². The highest BCUT2D eigenvalue weighted by molar-refractivity contribution is 9.10. The average molecular weight is 586 g/mol. The number of aryl methyl sites for hydroxylation is 1. The first-order chi connectivity index (χ1) is 18.4. The van der Waals surface area contributed by atoms with Crippen LogP contribution in [0.25, 0.3) is 22.6 Å². The lowest BCUT2D eigenvalue weighted by molar-refractivity contribution is 0.104. The van der Waals surface area contributed by atoms with Crippen LogP contribution >= 0.6 is 27.5 Å². The summed E-state index contributed by atoms with van der Waals surface area (Å²) in [7, 11) is 1.76. The van der Waals surface area contributed by atoms with Crippen LogP contribution < -0.4 is 4.74 Å². The van der Waals surface area contributed by atoms with E-state index in [4.69, 9.17) is 26.3 Å². The number of rotatable bonds is 3. The minimum Gasteiger partial charge on any atom is -0.497 e.